The molecule has 0 unspecified atom stereocenters. The van der Waals surface area contributed by atoms with Gasteiger partial charge in [0.1, 0.15) is 11.6 Å². The summed E-state index contributed by atoms with van der Waals surface area (Å²) in [6.07, 6.45) is 0. The summed E-state index contributed by atoms with van der Waals surface area (Å²) in [6, 6.07) is 2.83. The topological polar surface area (TPSA) is 34.2 Å². The number of aromatic nitrogens is 1. The van der Waals surface area contributed by atoms with Crippen LogP contribution in [0.1, 0.15) is 24.5 Å². The van der Waals surface area contributed by atoms with Gasteiger partial charge in [-0.1, -0.05) is 29.8 Å². The van der Waals surface area contributed by atoms with Crippen LogP contribution in [0.5, 0.6) is 5.75 Å². The summed E-state index contributed by atoms with van der Waals surface area (Å²) in [4.78, 5) is 4.37. The highest BCUT2D eigenvalue weighted by molar-refractivity contribution is 9.10. The monoisotopic (exact) mass is 376 g/mol. The minimum atomic E-state index is -0.991. The average Bonchev–Trinajstić information content (AvgIpc) is 2.87. The van der Waals surface area contributed by atoms with Crippen molar-refractivity contribution in [3.8, 4) is 5.75 Å². The van der Waals surface area contributed by atoms with E-state index in [-0.39, 0.29) is 12.4 Å². The Morgan fingerprint density at radius 3 is 2.86 bits per heavy atom. The van der Waals surface area contributed by atoms with Crippen LogP contribution < -0.4 is 10.1 Å². The number of benzene rings is 1. The molecule has 0 spiro atoms. The maximum Gasteiger partial charge on any atom is 0.200 e. The molecule has 0 atom stereocenters. The van der Waals surface area contributed by atoms with Crippen LogP contribution in [0.2, 0.25) is 0 Å². The molecule has 0 aliphatic heterocycles. The molecule has 2 aromatic rings. The molecule has 0 saturated carbocycles. The van der Waals surface area contributed by atoms with Crippen molar-refractivity contribution in [3.63, 3.8) is 0 Å². The van der Waals surface area contributed by atoms with Crippen molar-refractivity contribution in [2.45, 2.75) is 33.0 Å². The van der Waals surface area contributed by atoms with Crippen LogP contribution in [-0.2, 0) is 13.2 Å². The summed E-state index contributed by atoms with van der Waals surface area (Å²) in [6.45, 7) is 4.90. The van der Waals surface area contributed by atoms with Crippen molar-refractivity contribution < 1.29 is 13.5 Å². The van der Waals surface area contributed by atoms with Crippen molar-refractivity contribution in [2.75, 3.05) is 0 Å². The largest absolute Gasteiger partial charge is 0.484 e. The molecule has 1 aromatic heterocycles. The van der Waals surface area contributed by atoms with E-state index in [1.807, 2.05) is 5.38 Å². The second-order valence-electron chi connectivity index (χ2n) is 4.76. The Labute approximate surface area is 134 Å². The molecule has 3 nitrogen and oxygen atoms in total. The zero-order chi connectivity index (χ0) is 15.4. The molecule has 0 aliphatic carbocycles. The number of hydrogen-bond donors (Lipinski definition) is 1. The minimum Gasteiger partial charge on any atom is -0.484 e. The third kappa shape index (κ3) is 4.72. The fourth-order valence-corrected chi connectivity index (χ4v) is 2.72. The van der Waals surface area contributed by atoms with Gasteiger partial charge in [-0.25, -0.2) is 9.37 Å². The number of nitrogens with one attached hydrogen (secondary N) is 1. The molecular formula is C14H15BrF2N2OS. The Morgan fingerprint density at radius 2 is 2.14 bits per heavy atom. The van der Waals surface area contributed by atoms with E-state index >= 15 is 0 Å². The van der Waals surface area contributed by atoms with Gasteiger partial charge in [0.15, 0.2) is 11.6 Å². The average molecular weight is 377 g/mol. The number of ether oxygens (including phenoxy) is 1. The second-order valence-corrected chi connectivity index (χ2v) is 6.61. The fourth-order valence-electron chi connectivity index (χ4n) is 1.58. The smallest absolute Gasteiger partial charge is 0.200 e. The molecule has 0 bridgehead atoms. The van der Waals surface area contributed by atoms with Crippen LogP contribution in [-0.4, -0.2) is 11.0 Å². The number of thiazole rings is 1. The van der Waals surface area contributed by atoms with Gasteiger partial charge in [-0.05, 0) is 12.1 Å². The summed E-state index contributed by atoms with van der Waals surface area (Å²) >= 11 is 4.61. The lowest BCUT2D eigenvalue weighted by molar-refractivity contribution is 0.280. The van der Waals surface area contributed by atoms with Gasteiger partial charge in [0.05, 0.1) is 5.69 Å². The first kappa shape index (κ1) is 16.3. The van der Waals surface area contributed by atoms with E-state index in [1.165, 1.54) is 17.4 Å². The van der Waals surface area contributed by atoms with E-state index in [0.29, 0.717) is 22.8 Å². The van der Waals surface area contributed by atoms with Crippen LogP contribution in [0.15, 0.2) is 22.0 Å². The van der Waals surface area contributed by atoms with Crippen molar-refractivity contribution in [1.29, 1.82) is 0 Å². The summed E-state index contributed by atoms with van der Waals surface area (Å²) in [5.74, 6) is -2.06. The summed E-state index contributed by atoms with van der Waals surface area (Å²) in [5, 5.41) is 6.05. The molecule has 1 aromatic carbocycles. The number of halogens is 3. The summed E-state index contributed by atoms with van der Waals surface area (Å²) in [7, 11) is 0. The molecule has 0 radical (unpaired) electrons. The predicted octanol–water partition coefficient (Wildman–Crippen LogP) is 4.26. The van der Waals surface area contributed by atoms with E-state index in [0.717, 1.165) is 11.1 Å². The number of rotatable bonds is 6. The zero-order valence-corrected chi connectivity index (χ0v) is 14.0. The highest BCUT2D eigenvalue weighted by atomic mass is 79.9. The normalized spacial score (nSPS) is 11.1. The van der Waals surface area contributed by atoms with E-state index in [9.17, 15) is 8.78 Å². The van der Waals surface area contributed by atoms with Crippen molar-refractivity contribution in [1.82, 2.24) is 10.3 Å². The van der Waals surface area contributed by atoms with E-state index in [4.69, 9.17) is 4.74 Å². The highest BCUT2D eigenvalue weighted by Gasteiger charge is 2.12. The second kappa shape index (κ2) is 7.29. The molecule has 7 heteroatoms. The Morgan fingerprint density at radius 1 is 1.38 bits per heavy atom. The SMILES string of the molecule is CC(C)NCc1nc(COc2cc(Br)cc(F)c2F)cs1. The van der Waals surface area contributed by atoms with Crippen LogP contribution in [0.4, 0.5) is 8.78 Å². The molecule has 0 amide bonds. The van der Waals surface area contributed by atoms with Gasteiger partial charge in [-0.2, -0.15) is 4.39 Å². The lowest BCUT2D eigenvalue weighted by Gasteiger charge is -2.07. The third-order valence-corrected chi connectivity index (χ3v) is 3.95. The number of nitrogens with zero attached hydrogens (tertiary/aromatic N) is 1. The van der Waals surface area contributed by atoms with Gasteiger partial charge in [-0.3, -0.25) is 0 Å². The van der Waals surface area contributed by atoms with E-state index in [2.05, 4.69) is 40.1 Å². The molecule has 21 heavy (non-hydrogen) atoms. The molecular weight excluding hydrogens is 362 g/mol. The minimum absolute atomic E-state index is 0.102. The van der Waals surface area contributed by atoms with Crippen LogP contribution in [0.3, 0.4) is 0 Å². The zero-order valence-electron chi connectivity index (χ0n) is 11.6. The molecule has 1 N–H and O–H groups in total. The standard InChI is InChI=1S/C14H15BrF2N2OS/c1-8(2)18-5-13-19-10(7-21-13)6-20-12-4-9(15)3-11(16)14(12)17/h3-4,7-8,18H,5-6H2,1-2H3. The molecule has 1 heterocycles. The maximum absolute atomic E-state index is 13.6. The lowest BCUT2D eigenvalue weighted by atomic mass is 10.3. The number of hydrogen-bond acceptors (Lipinski definition) is 4. The van der Waals surface area contributed by atoms with Crippen molar-refractivity contribution >= 4 is 27.3 Å². The highest BCUT2D eigenvalue weighted by Crippen LogP contribution is 2.26. The van der Waals surface area contributed by atoms with Gasteiger partial charge in [0.2, 0.25) is 5.82 Å². The Kier molecular flexibility index (Phi) is 5.66. The quantitative estimate of drug-likeness (QED) is 0.764. The van der Waals surface area contributed by atoms with Crippen LogP contribution in [0.25, 0.3) is 0 Å². The molecule has 114 valence electrons. The lowest BCUT2D eigenvalue weighted by Crippen LogP contribution is -2.21. The van der Waals surface area contributed by atoms with Gasteiger partial charge in [-0.15, -0.1) is 11.3 Å². The predicted molar refractivity (Wildman–Crippen MR) is 82.5 cm³/mol. The molecule has 0 saturated heterocycles. The Bertz CT molecular complexity index is 619. The summed E-state index contributed by atoms with van der Waals surface area (Å²) in [5.41, 5.74) is 0.695. The molecule has 2 rings (SSSR count). The van der Waals surface area contributed by atoms with E-state index < -0.39 is 11.6 Å². The first-order valence-electron chi connectivity index (χ1n) is 6.39. The summed E-state index contributed by atoms with van der Waals surface area (Å²) < 4.78 is 32.5. The van der Waals surface area contributed by atoms with E-state index in [1.54, 1.807) is 0 Å². The maximum atomic E-state index is 13.6. The van der Waals surface area contributed by atoms with Crippen LogP contribution in [0, 0.1) is 11.6 Å². The van der Waals surface area contributed by atoms with Gasteiger partial charge in [0.25, 0.3) is 0 Å². The Hall–Kier alpha value is -1.05. The van der Waals surface area contributed by atoms with Gasteiger partial charge < -0.3 is 10.1 Å². The van der Waals surface area contributed by atoms with Crippen LogP contribution >= 0.6 is 27.3 Å². The molecule has 0 fully saturated rings. The first-order chi connectivity index (χ1) is 9.95. The Balaban J connectivity index is 1.97. The van der Waals surface area contributed by atoms with Gasteiger partial charge >= 0.3 is 0 Å². The third-order valence-electron chi connectivity index (χ3n) is 2.60. The van der Waals surface area contributed by atoms with Gasteiger partial charge in [0, 0.05) is 22.4 Å². The molecule has 0 aliphatic rings. The van der Waals surface area contributed by atoms with Crippen molar-refractivity contribution in [3.05, 3.63) is 44.3 Å². The van der Waals surface area contributed by atoms with Crippen molar-refractivity contribution in [2.24, 2.45) is 0 Å². The first-order valence-corrected chi connectivity index (χ1v) is 8.07. The fraction of sp³-hybridized carbons (Fsp3) is 0.357.